The number of H-pyrrole nitrogens is 1. The maximum absolute atomic E-state index is 13.3. The zero-order valence-corrected chi connectivity index (χ0v) is 21.0. The Labute approximate surface area is 210 Å². The number of aliphatic hydroxyl groups excluding tert-OH is 1. The lowest BCUT2D eigenvalue weighted by Gasteiger charge is -2.50. The lowest BCUT2D eigenvalue weighted by Crippen LogP contribution is -2.58. The molecule has 9 nitrogen and oxygen atoms in total. The summed E-state index contributed by atoms with van der Waals surface area (Å²) in [5.41, 5.74) is 3.14. The average molecular weight is 492 g/mol. The van der Waals surface area contributed by atoms with Gasteiger partial charge in [0.2, 0.25) is 0 Å². The van der Waals surface area contributed by atoms with Gasteiger partial charge in [-0.2, -0.15) is 0 Å². The van der Waals surface area contributed by atoms with Crippen LogP contribution < -0.4 is 10.1 Å². The van der Waals surface area contributed by atoms with Gasteiger partial charge in [-0.25, -0.2) is 4.79 Å². The fourth-order valence-electron chi connectivity index (χ4n) is 5.77. The van der Waals surface area contributed by atoms with Gasteiger partial charge < -0.3 is 29.9 Å². The molecule has 2 aliphatic heterocycles. The topological polar surface area (TPSA) is 111 Å². The molecule has 0 bridgehead atoms. The number of nitrogens with zero attached hydrogens (tertiary/aromatic N) is 3. The second-order valence-corrected chi connectivity index (χ2v) is 10.1. The number of ether oxygens (including phenoxy) is 1. The van der Waals surface area contributed by atoms with E-state index in [0.717, 1.165) is 27.9 Å². The molecule has 4 heterocycles. The van der Waals surface area contributed by atoms with Gasteiger partial charge in [0, 0.05) is 66.1 Å². The molecule has 3 N–H and O–H groups in total. The van der Waals surface area contributed by atoms with Crippen molar-refractivity contribution in [2.24, 2.45) is 0 Å². The molecule has 2 aromatic heterocycles. The number of hydrogen-bond acceptors (Lipinski definition) is 5. The summed E-state index contributed by atoms with van der Waals surface area (Å²) in [6.07, 6.45) is 4.66. The Bertz CT molecular complexity index is 1260. The fourth-order valence-corrected chi connectivity index (χ4v) is 5.77. The molecule has 0 saturated carbocycles. The summed E-state index contributed by atoms with van der Waals surface area (Å²) in [5, 5.41) is 14.5. The molecule has 3 aromatic rings. The van der Waals surface area contributed by atoms with E-state index >= 15 is 0 Å². The number of aromatic nitrogens is 2. The fraction of sp³-hybridized carbons (Fsp3) is 0.444. The molecule has 36 heavy (non-hydrogen) atoms. The molecule has 1 atom stereocenters. The van der Waals surface area contributed by atoms with E-state index in [2.05, 4.69) is 21.4 Å². The largest absolute Gasteiger partial charge is 0.497 e. The van der Waals surface area contributed by atoms with Crippen LogP contribution in [0.3, 0.4) is 0 Å². The number of aliphatic hydroxyl groups is 1. The van der Waals surface area contributed by atoms with Crippen LogP contribution in [-0.2, 0) is 5.41 Å². The minimum atomic E-state index is -0.488. The quantitative estimate of drug-likeness (QED) is 0.519. The molecule has 1 fully saturated rings. The van der Waals surface area contributed by atoms with Gasteiger partial charge in [-0.05, 0) is 56.5 Å². The molecule has 1 spiro atoms. The second-order valence-electron chi connectivity index (χ2n) is 10.1. The highest BCUT2D eigenvalue weighted by Gasteiger charge is 2.49. The van der Waals surface area contributed by atoms with Crippen LogP contribution in [0.25, 0.3) is 10.9 Å². The van der Waals surface area contributed by atoms with Crippen molar-refractivity contribution in [1.29, 1.82) is 0 Å². The number of amides is 3. The van der Waals surface area contributed by atoms with E-state index in [1.165, 1.54) is 0 Å². The zero-order chi connectivity index (χ0) is 25.4. The Kier molecular flexibility index (Phi) is 6.34. The standard InChI is InChI=1S/C27H33N5O4/c1-17(2)29-26(35)32-16-27(8-11-31(12-9-27)25(34)18-5-4-10-28-14-18)23-20-7-6-19(36-3)13-21(20)30-24(23)22(32)15-33/h4-7,10,13-14,17,22,30,33H,8-9,11-12,15-16H2,1-3H3,(H,29,35)/t22-/m0/s1. The Morgan fingerprint density at radius 3 is 2.69 bits per heavy atom. The third-order valence-corrected chi connectivity index (χ3v) is 7.51. The highest BCUT2D eigenvalue weighted by atomic mass is 16.5. The Hall–Kier alpha value is -3.59. The number of rotatable bonds is 4. The van der Waals surface area contributed by atoms with Crippen molar-refractivity contribution in [2.75, 3.05) is 33.4 Å². The number of nitrogens with one attached hydrogen (secondary N) is 2. The molecule has 5 rings (SSSR count). The number of methoxy groups -OCH3 is 1. The van der Waals surface area contributed by atoms with Crippen molar-refractivity contribution in [3.05, 3.63) is 59.5 Å². The van der Waals surface area contributed by atoms with Crippen molar-refractivity contribution < 1.29 is 19.4 Å². The number of aromatic amines is 1. The van der Waals surface area contributed by atoms with Crippen molar-refractivity contribution in [1.82, 2.24) is 25.1 Å². The van der Waals surface area contributed by atoms with Crippen LogP contribution in [0.5, 0.6) is 5.75 Å². The average Bonchev–Trinajstić information content (AvgIpc) is 3.28. The molecule has 0 unspecified atom stereocenters. The summed E-state index contributed by atoms with van der Waals surface area (Å²) in [7, 11) is 1.63. The maximum Gasteiger partial charge on any atom is 0.318 e. The third kappa shape index (κ3) is 4.07. The zero-order valence-electron chi connectivity index (χ0n) is 21.0. The number of carbonyl (C=O) groups is 2. The number of carbonyl (C=O) groups excluding carboxylic acids is 2. The third-order valence-electron chi connectivity index (χ3n) is 7.51. The first-order valence-corrected chi connectivity index (χ1v) is 12.4. The predicted molar refractivity (Wildman–Crippen MR) is 136 cm³/mol. The lowest BCUT2D eigenvalue weighted by atomic mass is 9.68. The van der Waals surface area contributed by atoms with Gasteiger partial charge in [-0.3, -0.25) is 9.78 Å². The molecular weight excluding hydrogens is 458 g/mol. The van der Waals surface area contributed by atoms with Gasteiger partial charge >= 0.3 is 6.03 Å². The molecule has 1 aromatic carbocycles. The maximum atomic E-state index is 13.3. The summed E-state index contributed by atoms with van der Waals surface area (Å²) in [5.74, 6) is 0.710. The van der Waals surface area contributed by atoms with Crippen LogP contribution in [0, 0.1) is 0 Å². The molecule has 1 saturated heterocycles. The minimum absolute atomic E-state index is 0.0275. The van der Waals surface area contributed by atoms with Gasteiger partial charge in [-0.1, -0.05) is 0 Å². The number of urea groups is 1. The number of likely N-dealkylation sites (tertiary alicyclic amines) is 1. The number of hydrogen-bond donors (Lipinski definition) is 3. The van der Waals surface area contributed by atoms with E-state index < -0.39 is 6.04 Å². The van der Waals surface area contributed by atoms with Crippen LogP contribution >= 0.6 is 0 Å². The molecule has 3 amide bonds. The summed E-state index contributed by atoms with van der Waals surface area (Å²) in [6.45, 7) is 5.27. The minimum Gasteiger partial charge on any atom is -0.497 e. The first-order valence-electron chi connectivity index (χ1n) is 12.4. The smallest absolute Gasteiger partial charge is 0.318 e. The molecular formula is C27H33N5O4. The van der Waals surface area contributed by atoms with E-state index in [-0.39, 0.29) is 30.0 Å². The van der Waals surface area contributed by atoms with Crippen LogP contribution in [0.15, 0.2) is 42.7 Å². The van der Waals surface area contributed by atoms with E-state index in [1.807, 2.05) is 30.9 Å². The van der Waals surface area contributed by atoms with Gasteiger partial charge in [0.1, 0.15) is 5.75 Å². The summed E-state index contributed by atoms with van der Waals surface area (Å²) in [4.78, 5) is 37.6. The molecule has 0 aliphatic carbocycles. The van der Waals surface area contributed by atoms with Crippen LogP contribution in [-0.4, -0.2) is 76.2 Å². The number of fused-ring (bicyclic) bond motifs is 4. The monoisotopic (exact) mass is 491 g/mol. The van der Waals surface area contributed by atoms with Gasteiger partial charge in [0.25, 0.3) is 5.91 Å². The van der Waals surface area contributed by atoms with Crippen molar-refractivity contribution in [2.45, 2.75) is 44.2 Å². The molecule has 2 aliphatic rings. The van der Waals surface area contributed by atoms with Crippen molar-refractivity contribution >= 4 is 22.8 Å². The van der Waals surface area contributed by atoms with Crippen LogP contribution in [0.1, 0.15) is 54.3 Å². The predicted octanol–water partition coefficient (Wildman–Crippen LogP) is 3.21. The van der Waals surface area contributed by atoms with E-state index in [0.29, 0.717) is 38.0 Å². The van der Waals surface area contributed by atoms with Crippen LogP contribution in [0.2, 0.25) is 0 Å². The normalized spacial score (nSPS) is 19.0. The highest BCUT2D eigenvalue weighted by molar-refractivity contribution is 5.94. The molecule has 9 heteroatoms. The Balaban J connectivity index is 1.55. The van der Waals surface area contributed by atoms with Crippen LogP contribution in [0.4, 0.5) is 4.79 Å². The number of piperidine rings is 1. The summed E-state index contributed by atoms with van der Waals surface area (Å²) >= 11 is 0. The van der Waals surface area contributed by atoms with Gasteiger partial charge in [0.15, 0.2) is 0 Å². The highest BCUT2D eigenvalue weighted by Crippen LogP contribution is 2.49. The van der Waals surface area contributed by atoms with E-state index in [1.54, 1.807) is 36.5 Å². The van der Waals surface area contributed by atoms with E-state index in [9.17, 15) is 14.7 Å². The van der Waals surface area contributed by atoms with Crippen molar-refractivity contribution in [3.63, 3.8) is 0 Å². The first-order chi connectivity index (χ1) is 17.4. The van der Waals surface area contributed by atoms with Gasteiger partial charge in [0.05, 0.1) is 25.3 Å². The SMILES string of the molecule is COc1ccc2c3c([nH]c2c1)[C@H](CO)N(C(=O)NC(C)C)CC31CCN(C(=O)c2cccnc2)CC1. The second kappa shape index (κ2) is 9.46. The molecule has 190 valence electrons. The lowest BCUT2D eigenvalue weighted by molar-refractivity contribution is 0.0524. The Morgan fingerprint density at radius 2 is 2.06 bits per heavy atom. The summed E-state index contributed by atoms with van der Waals surface area (Å²) in [6, 6.07) is 8.79. The van der Waals surface area contributed by atoms with E-state index in [4.69, 9.17) is 4.74 Å². The molecule has 0 radical (unpaired) electrons. The number of pyridine rings is 1. The number of benzene rings is 1. The summed E-state index contributed by atoms with van der Waals surface area (Å²) < 4.78 is 5.44. The van der Waals surface area contributed by atoms with Gasteiger partial charge in [-0.15, -0.1) is 0 Å². The van der Waals surface area contributed by atoms with Crippen molar-refractivity contribution in [3.8, 4) is 5.75 Å². The Morgan fingerprint density at radius 1 is 1.28 bits per heavy atom. The first kappa shape index (κ1) is 24.1.